The molecule has 2 amide bonds. The van der Waals surface area contributed by atoms with Crippen molar-refractivity contribution in [3.63, 3.8) is 0 Å². The third-order valence-corrected chi connectivity index (χ3v) is 4.70. The van der Waals surface area contributed by atoms with Crippen molar-refractivity contribution >= 4 is 29.7 Å². The van der Waals surface area contributed by atoms with E-state index in [1.807, 2.05) is 32.0 Å². The molecule has 2 N–H and O–H groups in total. The SMILES string of the molecule is COc1ccccc1C(=O)Oc1cccc(C=NNC(=O)C(=O)Nc2c(C)cccc2C)c1. The molecule has 0 bridgehead atoms. The Kier molecular flexibility index (Phi) is 7.54. The molecule has 0 aromatic heterocycles. The van der Waals surface area contributed by atoms with Crippen LogP contribution in [0, 0.1) is 13.8 Å². The second kappa shape index (κ2) is 10.7. The number of nitrogens with zero attached hydrogens (tertiary/aromatic N) is 1. The van der Waals surface area contributed by atoms with Crippen LogP contribution in [0.4, 0.5) is 5.69 Å². The fourth-order valence-electron chi connectivity index (χ4n) is 3.03. The lowest BCUT2D eigenvalue weighted by Gasteiger charge is -2.10. The van der Waals surface area contributed by atoms with Gasteiger partial charge in [-0.1, -0.05) is 42.5 Å². The van der Waals surface area contributed by atoms with E-state index < -0.39 is 17.8 Å². The van der Waals surface area contributed by atoms with Gasteiger partial charge in [0.1, 0.15) is 17.1 Å². The molecular weight excluding hydrogens is 422 g/mol. The Bertz CT molecular complexity index is 1200. The highest BCUT2D eigenvalue weighted by Crippen LogP contribution is 2.21. The molecule has 0 saturated heterocycles. The molecule has 0 heterocycles. The summed E-state index contributed by atoms with van der Waals surface area (Å²) in [5.41, 5.74) is 5.31. The van der Waals surface area contributed by atoms with Crippen LogP contribution < -0.4 is 20.2 Å². The van der Waals surface area contributed by atoms with Crippen molar-refractivity contribution in [1.29, 1.82) is 0 Å². The first-order valence-corrected chi connectivity index (χ1v) is 10.0. The number of hydrogen-bond acceptors (Lipinski definition) is 6. The van der Waals surface area contributed by atoms with E-state index in [4.69, 9.17) is 9.47 Å². The Morgan fingerprint density at radius 3 is 2.30 bits per heavy atom. The van der Waals surface area contributed by atoms with Gasteiger partial charge in [-0.05, 0) is 54.8 Å². The van der Waals surface area contributed by atoms with Crippen molar-refractivity contribution in [3.05, 3.63) is 89.0 Å². The Morgan fingerprint density at radius 2 is 1.58 bits per heavy atom. The van der Waals surface area contributed by atoms with Gasteiger partial charge in [0.05, 0.1) is 13.3 Å². The van der Waals surface area contributed by atoms with E-state index in [2.05, 4.69) is 15.8 Å². The van der Waals surface area contributed by atoms with E-state index in [1.165, 1.54) is 13.3 Å². The Balaban J connectivity index is 1.60. The van der Waals surface area contributed by atoms with Crippen LogP contribution in [0.1, 0.15) is 27.0 Å². The zero-order valence-electron chi connectivity index (χ0n) is 18.4. The molecule has 0 aliphatic rings. The summed E-state index contributed by atoms with van der Waals surface area (Å²) in [7, 11) is 1.47. The van der Waals surface area contributed by atoms with E-state index >= 15 is 0 Å². The fraction of sp³-hybridized carbons (Fsp3) is 0.120. The number of carbonyl (C=O) groups excluding carboxylic acids is 3. The molecule has 8 heteroatoms. The number of esters is 1. The molecule has 3 aromatic rings. The summed E-state index contributed by atoms with van der Waals surface area (Å²) >= 11 is 0. The van der Waals surface area contributed by atoms with Crippen LogP contribution in [0.2, 0.25) is 0 Å². The van der Waals surface area contributed by atoms with Gasteiger partial charge < -0.3 is 14.8 Å². The van der Waals surface area contributed by atoms with Crippen molar-refractivity contribution in [1.82, 2.24) is 5.43 Å². The summed E-state index contributed by atoms with van der Waals surface area (Å²) in [6.07, 6.45) is 1.34. The molecule has 8 nitrogen and oxygen atoms in total. The summed E-state index contributed by atoms with van der Waals surface area (Å²) in [4.78, 5) is 36.7. The largest absolute Gasteiger partial charge is 0.496 e. The predicted octanol–water partition coefficient (Wildman–Crippen LogP) is 3.62. The fourth-order valence-corrected chi connectivity index (χ4v) is 3.03. The molecule has 0 aliphatic heterocycles. The smallest absolute Gasteiger partial charge is 0.347 e. The third-order valence-electron chi connectivity index (χ3n) is 4.70. The molecule has 33 heavy (non-hydrogen) atoms. The number of hydrazone groups is 1. The maximum absolute atomic E-state index is 12.4. The van der Waals surface area contributed by atoms with Gasteiger partial charge in [0, 0.05) is 5.69 Å². The van der Waals surface area contributed by atoms with Gasteiger partial charge in [-0.15, -0.1) is 0 Å². The van der Waals surface area contributed by atoms with E-state index in [-0.39, 0.29) is 5.75 Å². The quantitative estimate of drug-likeness (QED) is 0.198. The number of anilines is 1. The predicted molar refractivity (Wildman–Crippen MR) is 125 cm³/mol. The van der Waals surface area contributed by atoms with Gasteiger partial charge in [-0.2, -0.15) is 5.10 Å². The molecule has 3 aromatic carbocycles. The lowest BCUT2D eigenvalue weighted by atomic mass is 10.1. The van der Waals surface area contributed by atoms with Crippen LogP contribution >= 0.6 is 0 Å². The number of benzene rings is 3. The van der Waals surface area contributed by atoms with E-state index in [0.717, 1.165) is 11.1 Å². The van der Waals surface area contributed by atoms with Gasteiger partial charge in [0.15, 0.2) is 0 Å². The topological polar surface area (TPSA) is 106 Å². The molecule has 3 rings (SSSR count). The van der Waals surface area contributed by atoms with Crippen molar-refractivity contribution in [3.8, 4) is 11.5 Å². The van der Waals surface area contributed by atoms with E-state index in [9.17, 15) is 14.4 Å². The molecule has 0 unspecified atom stereocenters. The second-order valence-electron chi connectivity index (χ2n) is 7.08. The van der Waals surface area contributed by atoms with Gasteiger partial charge >= 0.3 is 17.8 Å². The number of carbonyl (C=O) groups is 3. The standard InChI is InChI=1S/C25H23N3O5/c1-16-8-6-9-17(2)22(16)27-23(29)24(30)28-26-15-18-10-7-11-19(14-18)33-25(31)20-12-4-5-13-21(20)32-3/h4-15H,1-3H3,(H,27,29)(H,28,30). The second-order valence-corrected chi connectivity index (χ2v) is 7.08. The molecule has 0 fully saturated rings. The Hall–Kier alpha value is -4.46. The third kappa shape index (κ3) is 6.04. The molecule has 0 atom stereocenters. The van der Waals surface area contributed by atoms with Crippen molar-refractivity contribution in [2.75, 3.05) is 12.4 Å². The lowest BCUT2D eigenvalue weighted by molar-refractivity contribution is -0.136. The number of aryl methyl sites for hydroxylation is 2. The van der Waals surface area contributed by atoms with Crippen molar-refractivity contribution in [2.45, 2.75) is 13.8 Å². The summed E-state index contributed by atoms with van der Waals surface area (Å²) in [6.45, 7) is 3.68. The maximum atomic E-state index is 12.4. The van der Waals surface area contributed by atoms with Crippen LogP contribution in [0.3, 0.4) is 0 Å². The number of rotatable bonds is 6. The lowest BCUT2D eigenvalue weighted by Crippen LogP contribution is -2.32. The zero-order valence-corrected chi connectivity index (χ0v) is 18.4. The minimum absolute atomic E-state index is 0.286. The minimum atomic E-state index is -0.910. The van der Waals surface area contributed by atoms with Gasteiger partial charge in [-0.3, -0.25) is 9.59 Å². The summed E-state index contributed by atoms with van der Waals surface area (Å²) < 4.78 is 10.6. The molecule has 0 spiro atoms. The van der Waals surface area contributed by atoms with Crippen molar-refractivity contribution < 1.29 is 23.9 Å². The van der Waals surface area contributed by atoms with E-state index in [1.54, 1.807) is 48.5 Å². The van der Waals surface area contributed by atoms with Gasteiger partial charge in [0.2, 0.25) is 0 Å². The summed E-state index contributed by atoms with van der Waals surface area (Å²) in [5, 5.41) is 6.40. The monoisotopic (exact) mass is 445 g/mol. The number of amides is 2. The van der Waals surface area contributed by atoms with Crippen LogP contribution in [0.15, 0.2) is 71.8 Å². The zero-order chi connectivity index (χ0) is 23.8. The van der Waals surface area contributed by atoms with Crippen molar-refractivity contribution in [2.24, 2.45) is 5.10 Å². The average molecular weight is 445 g/mol. The average Bonchev–Trinajstić information content (AvgIpc) is 2.81. The van der Waals surface area contributed by atoms with Crippen LogP contribution in [-0.4, -0.2) is 31.1 Å². The summed E-state index contributed by atoms with van der Waals surface area (Å²) in [6, 6.07) is 18.8. The van der Waals surface area contributed by atoms with Crippen LogP contribution in [0.5, 0.6) is 11.5 Å². The van der Waals surface area contributed by atoms with Crippen LogP contribution in [0.25, 0.3) is 0 Å². The van der Waals surface area contributed by atoms with Gasteiger partial charge in [-0.25, -0.2) is 10.2 Å². The number of methoxy groups -OCH3 is 1. The minimum Gasteiger partial charge on any atom is -0.496 e. The normalized spacial score (nSPS) is 10.5. The van der Waals surface area contributed by atoms with Crippen LogP contribution in [-0.2, 0) is 9.59 Å². The first-order chi connectivity index (χ1) is 15.9. The first-order valence-electron chi connectivity index (χ1n) is 10.0. The molecule has 0 radical (unpaired) electrons. The Morgan fingerprint density at radius 1 is 0.879 bits per heavy atom. The first kappa shape index (κ1) is 23.2. The van der Waals surface area contributed by atoms with Gasteiger partial charge in [0.25, 0.3) is 0 Å². The molecule has 0 aliphatic carbocycles. The highest BCUT2D eigenvalue weighted by molar-refractivity contribution is 6.39. The number of para-hydroxylation sites is 2. The molecule has 0 saturated carbocycles. The summed E-state index contributed by atoms with van der Waals surface area (Å²) in [5.74, 6) is -1.62. The number of nitrogens with one attached hydrogen (secondary N) is 2. The highest BCUT2D eigenvalue weighted by atomic mass is 16.5. The molecule has 168 valence electrons. The molecular formula is C25H23N3O5. The van der Waals surface area contributed by atoms with E-state index in [0.29, 0.717) is 22.6 Å². The number of hydrogen-bond donors (Lipinski definition) is 2. The Labute approximate surface area is 191 Å². The number of ether oxygens (including phenoxy) is 2. The highest BCUT2D eigenvalue weighted by Gasteiger charge is 2.16. The maximum Gasteiger partial charge on any atom is 0.347 e.